The Balaban J connectivity index is 1.35. The molecular formula is C22H25N5O3S2. The predicted molar refractivity (Wildman–Crippen MR) is 123 cm³/mol. The van der Waals surface area contributed by atoms with Gasteiger partial charge in [0.1, 0.15) is 16.5 Å². The number of carbonyl (C=O) groups excluding carboxylic acids is 2. The molecule has 168 valence electrons. The quantitative estimate of drug-likeness (QED) is 0.383. The van der Waals surface area contributed by atoms with Gasteiger partial charge in [-0.3, -0.25) is 14.2 Å². The number of thioether (sulfide) groups is 1. The van der Waals surface area contributed by atoms with Crippen LogP contribution < -0.4 is 0 Å². The van der Waals surface area contributed by atoms with E-state index in [2.05, 4.69) is 15.2 Å². The van der Waals surface area contributed by atoms with Gasteiger partial charge in [0.05, 0.1) is 18.3 Å². The number of amides is 1. The standard InChI is InChI=1S/C22H25N5O3S2/c1-3-30-21(29)16-9-11-26(12-10-16)20(28)18-13-31-19(23-18)14-32-22-25-24-15(2)27(22)17-7-5-4-6-8-17/h4-8,13,16H,3,9-12,14H2,1-2H3. The minimum Gasteiger partial charge on any atom is -0.466 e. The zero-order valence-corrected chi connectivity index (χ0v) is 19.7. The van der Waals surface area contributed by atoms with Crippen LogP contribution in [0, 0.1) is 12.8 Å². The number of hydrogen-bond donors (Lipinski definition) is 0. The summed E-state index contributed by atoms with van der Waals surface area (Å²) in [7, 11) is 0. The molecule has 1 aliphatic heterocycles. The van der Waals surface area contributed by atoms with E-state index in [4.69, 9.17) is 4.74 Å². The van der Waals surface area contributed by atoms with Crippen LogP contribution in [0.2, 0.25) is 0 Å². The molecule has 0 bridgehead atoms. The van der Waals surface area contributed by atoms with Crippen LogP contribution in [-0.2, 0) is 15.3 Å². The lowest BCUT2D eigenvalue weighted by molar-refractivity contribution is -0.149. The van der Waals surface area contributed by atoms with Crippen molar-refractivity contribution in [1.82, 2.24) is 24.6 Å². The number of benzene rings is 1. The summed E-state index contributed by atoms with van der Waals surface area (Å²) in [5.74, 6) is 1.06. The molecule has 3 heterocycles. The highest BCUT2D eigenvalue weighted by molar-refractivity contribution is 7.98. The number of rotatable bonds is 7. The van der Waals surface area contributed by atoms with E-state index in [0.29, 0.717) is 44.0 Å². The maximum absolute atomic E-state index is 12.9. The molecule has 4 rings (SSSR count). The molecule has 1 saturated heterocycles. The predicted octanol–water partition coefficient (Wildman–Crippen LogP) is 3.74. The molecule has 2 aromatic heterocycles. The van der Waals surface area contributed by atoms with Crippen molar-refractivity contribution in [3.63, 3.8) is 0 Å². The van der Waals surface area contributed by atoms with Gasteiger partial charge in [-0.15, -0.1) is 21.5 Å². The summed E-state index contributed by atoms with van der Waals surface area (Å²) in [5.41, 5.74) is 1.47. The molecule has 0 radical (unpaired) electrons. The Hall–Kier alpha value is -2.72. The number of ether oxygens (including phenoxy) is 1. The van der Waals surface area contributed by atoms with Crippen molar-refractivity contribution < 1.29 is 14.3 Å². The first-order valence-corrected chi connectivity index (χ1v) is 12.4. The molecule has 10 heteroatoms. The van der Waals surface area contributed by atoms with E-state index in [-0.39, 0.29) is 17.8 Å². The number of carbonyl (C=O) groups is 2. The van der Waals surface area contributed by atoms with Gasteiger partial charge in [0.15, 0.2) is 5.16 Å². The molecule has 1 aromatic carbocycles. The Labute approximate surface area is 195 Å². The third-order valence-corrected chi connectivity index (χ3v) is 7.28. The molecule has 1 fully saturated rings. The number of likely N-dealkylation sites (tertiary alicyclic amines) is 1. The molecule has 0 N–H and O–H groups in total. The zero-order valence-electron chi connectivity index (χ0n) is 18.1. The van der Waals surface area contributed by atoms with Gasteiger partial charge in [-0.05, 0) is 38.8 Å². The molecule has 0 unspecified atom stereocenters. The van der Waals surface area contributed by atoms with Crippen molar-refractivity contribution in [1.29, 1.82) is 0 Å². The van der Waals surface area contributed by atoms with Gasteiger partial charge in [-0.25, -0.2) is 4.98 Å². The van der Waals surface area contributed by atoms with Crippen LogP contribution >= 0.6 is 23.1 Å². The van der Waals surface area contributed by atoms with Crippen molar-refractivity contribution >= 4 is 35.0 Å². The third-order valence-electron chi connectivity index (χ3n) is 5.31. The Bertz CT molecular complexity index is 1070. The second kappa shape index (κ2) is 10.3. The van der Waals surface area contributed by atoms with Crippen LogP contribution in [0.1, 0.15) is 41.1 Å². The van der Waals surface area contributed by atoms with E-state index < -0.39 is 0 Å². The highest BCUT2D eigenvalue weighted by Crippen LogP contribution is 2.27. The highest BCUT2D eigenvalue weighted by atomic mass is 32.2. The van der Waals surface area contributed by atoms with E-state index in [1.807, 2.05) is 47.2 Å². The van der Waals surface area contributed by atoms with Crippen molar-refractivity contribution in [3.05, 3.63) is 52.2 Å². The number of aromatic nitrogens is 4. The van der Waals surface area contributed by atoms with E-state index in [1.54, 1.807) is 23.6 Å². The van der Waals surface area contributed by atoms with Gasteiger partial charge in [-0.2, -0.15) is 0 Å². The summed E-state index contributed by atoms with van der Waals surface area (Å²) in [4.78, 5) is 31.1. The van der Waals surface area contributed by atoms with Crippen molar-refractivity contribution in [2.75, 3.05) is 19.7 Å². The fourth-order valence-electron chi connectivity index (χ4n) is 3.65. The molecule has 1 aliphatic rings. The monoisotopic (exact) mass is 471 g/mol. The number of piperidine rings is 1. The first-order valence-electron chi connectivity index (χ1n) is 10.6. The van der Waals surface area contributed by atoms with Crippen molar-refractivity contribution in [2.45, 2.75) is 37.6 Å². The maximum atomic E-state index is 12.9. The van der Waals surface area contributed by atoms with Crippen LogP contribution in [0.25, 0.3) is 5.69 Å². The average molecular weight is 472 g/mol. The van der Waals surface area contributed by atoms with Crippen LogP contribution in [0.3, 0.4) is 0 Å². The molecule has 0 aliphatic carbocycles. The molecule has 32 heavy (non-hydrogen) atoms. The molecule has 0 atom stereocenters. The van der Waals surface area contributed by atoms with Crippen molar-refractivity contribution in [2.24, 2.45) is 5.92 Å². The first-order chi connectivity index (χ1) is 15.6. The van der Waals surface area contributed by atoms with E-state index in [0.717, 1.165) is 21.7 Å². The first kappa shape index (κ1) is 22.5. The van der Waals surface area contributed by atoms with Crippen LogP contribution in [0.15, 0.2) is 40.9 Å². The fourth-order valence-corrected chi connectivity index (χ4v) is 5.44. The largest absolute Gasteiger partial charge is 0.466 e. The Kier molecular flexibility index (Phi) is 7.21. The Morgan fingerprint density at radius 1 is 1.19 bits per heavy atom. The van der Waals surface area contributed by atoms with Crippen LogP contribution in [-0.4, -0.2) is 56.2 Å². The number of thiazole rings is 1. The lowest BCUT2D eigenvalue weighted by Crippen LogP contribution is -2.40. The third kappa shape index (κ3) is 5.02. The van der Waals surface area contributed by atoms with Gasteiger partial charge in [-0.1, -0.05) is 30.0 Å². The number of nitrogens with zero attached hydrogens (tertiary/aromatic N) is 5. The van der Waals surface area contributed by atoms with Gasteiger partial charge in [0.2, 0.25) is 0 Å². The summed E-state index contributed by atoms with van der Waals surface area (Å²) in [5, 5.41) is 12.0. The summed E-state index contributed by atoms with van der Waals surface area (Å²) in [6, 6.07) is 9.98. The van der Waals surface area contributed by atoms with Crippen molar-refractivity contribution in [3.8, 4) is 5.69 Å². The minimum atomic E-state index is -0.161. The number of para-hydroxylation sites is 1. The lowest BCUT2D eigenvalue weighted by Gasteiger charge is -2.30. The summed E-state index contributed by atoms with van der Waals surface area (Å²) >= 11 is 3.02. The molecule has 0 saturated carbocycles. The Morgan fingerprint density at radius 2 is 1.94 bits per heavy atom. The topological polar surface area (TPSA) is 90.2 Å². The Morgan fingerprint density at radius 3 is 2.66 bits per heavy atom. The van der Waals surface area contributed by atoms with E-state index >= 15 is 0 Å². The van der Waals surface area contributed by atoms with E-state index in [9.17, 15) is 9.59 Å². The number of aryl methyl sites for hydroxylation is 1. The SMILES string of the molecule is CCOC(=O)C1CCN(C(=O)c2csc(CSc3nnc(C)n3-c3ccccc3)n2)CC1. The van der Waals surface area contributed by atoms with Gasteiger partial charge >= 0.3 is 5.97 Å². The zero-order chi connectivity index (χ0) is 22.5. The molecule has 8 nitrogen and oxygen atoms in total. The minimum absolute atomic E-state index is 0.0805. The van der Waals surface area contributed by atoms with Crippen LogP contribution in [0.5, 0.6) is 0 Å². The van der Waals surface area contributed by atoms with Gasteiger partial charge in [0, 0.05) is 24.2 Å². The smallest absolute Gasteiger partial charge is 0.309 e. The summed E-state index contributed by atoms with van der Waals surface area (Å²) in [6.07, 6.45) is 1.26. The second-order valence-electron chi connectivity index (χ2n) is 7.43. The number of hydrogen-bond acceptors (Lipinski definition) is 8. The fraction of sp³-hybridized carbons (Fsp3) is 0.409. The van der Waals surface area contributed by atoms with Crippen LogP contribution in [0.4, 0.5) is 0 Å². The van der Waals surface area contributed by atoms with Gasteiger partial charge in [0.25, 0.3) is 5.91 Å². The number of esters is 1. The maximum Gasteiger partial charge on any atom is 0.309 e. The van der Waals surface area contributed by atoms with Gasteiger partial charge < -0.3 is 9.64 Å². The summed E-state index contributed by atoms with van der Waals surface area (Å²) < 4.78 is 7.11. The summed E-state index contributed by atoms with van der Waals surface area (Å²) in [6.45, 7) is 5.21. The normalized spacial score (nSPS) is 14.5. The molecule has 3 aromatic rings. The average Bonchev–Trinajstić information content (AvgIpc) is 3.44. The lowest BCUT2D eigenvalue weighted by atomic mass is 9.97. The molecular weight excluding hydrogens is 446 g/mol. The van der Waals surface area contributed by atoms with E-state index in [1.165, 1.54) is 11.3 Å². The molecule has 1 amide bonds. The highest BCUT2D eigenvalue weighted by Gasteiger charge is 2.29. The molecule has 0 spiro atoms. The second-order valence-corrected chi connectivity index (χ2v) is 9.32.